The molecule has 4 aromatic rings. The maximum Gasteiger partial charge on any atom is 0.224 e. The number of carbonyl (C=O) groups excluding carboxylic acids is 1. The van der Waals surface area contributed by atoms with Crippen LogP contribution in [0.2, 0.25) is 0 Å². The highest BCUT2D eigenvalue weighted by atomic mass is 32.2. The van der Waals surface area contributed by atoms with Gasteiger partial charge in [0.15, 0.2) is 0 Å². The van der Waals surface area contributed by atoms with Crippen molar-refractivity contribution in [3.63, 3.8) is 0 Å². The fourth-order valence-electron chi connectivity index (χ4n) is 3.01. The lowest BCUT2D eigenvalue weighted by Gasteiger charge is -2.07. The lowest BCUT2D eigenvalue weighted by Crippen LogP contribution is -2.11. The monoisotopic (exact) mass is 418 g/mol. The average molecular weight is 419 g/mol. The van der Waals surface area contributed by atoms with Gasteiger partial charge in [-0.05, 0) is 55.5 Å². The van der Waals surface area contributed by atoms with Crippen LogP contribution in [0.5, 0.6) is 0 Å². The number of fused-ring (bicyclic) bond motifs is 1. The Bertz CT molecular complexity index is 1090. The highest BCUT2D eigenvalue weighted by molar-refractivity contribution is 7.99. The summed E-state index contributed by atoms with van der Waals surface area (Å²) < 4.78 is 1.17. The number of aromatic nitrogens is 1. The largest absolute Gasteiger partial charge is 0.326 e. The molecule has 3 nitrogen and oxygen atoms in total. The number of para-hydroxylation sites is 1. The van der Waals surface area contributed by atoms with Gasteiger partial charge in [0.1, 0.15) is 5.01 Å². The Morgan fingerprint density at radius 2 is 1.86 bits per heavy atom. The topological polar surface area (TPSA) is 42.0 Å². The molecule has 0 spiro atoms. The van der Waals surface area contributed by atoms with Crippen molar-refractivity contribution >= 4 is 44.9 Å². The molecule has 0 aliphatic carbocycles. The first kappa shape index (κ1) is 19.7. The zero-order chi connectivity index (χ0) is 20.1. The smallest absolute Gasteiger partial charge is 0.224 e. The van der Waals surface area contributed by atoms with Gasteiger partial charge in [-0.15, -0.1) is 23.1 Å². The Balaban J connectivity index is 1.31. The van der Waals surface area contributed by atoms with Gasteiger partial charge in [0.05, 0.1) is 10.2 Å². The van der Waals surface area contributed by atoms with E-state index in [4.69, 9.17) is 4.98 Å². The van der Waals surface area contributed by atoms with Gasteiger partial charge in [0.2, 0.25) is 5.91 Å². The summed E-state index contributed by atoms with van der Waals surface area (Å²) in [5, 5.41) is 3.99. The highest BCUT2D eigenvalue weighted by Crippen LogP contribution is 2.31. The van der Waals surface area contributed by atoms with Gasteiger partial charge >= 0.3 is 0 Å². The third kappa shape index (κ3) is 5.25. The van der Waals surface area contributed by atoms with Gasteiger partial charge in [0.25, 0.3) is 0 Å². The van der Waals surface area contributed by atoms with E-state index in [0.29, 0.717) is 6.42 Å². The molecule has 0 atom stereocenters. The first-order chi connectivity index (χ1) is 14.2. The molecule has 0 saturated carbocycles. The van der Waals surface area contributed by atoms with Crippen molar-refractivity contribution in [1.82, 2.24) is 4.98 Å². The maximum atomic E-state index is 12.3. The number of thiazole rings is 1. The molecular formula is C24H22N2OS2. The second kappa shape index (κ2) is 9.25. The Morgan fingerprint density at radius 1 is 1.03 bits per heavy atom. The molecule has 5 heteroatoms. The van der Waals surface area contributed by atoms with E-state index in [0.717, 1.165) is 33.9 Å². The summed E-state index contributed by atoms with van der Waals surface area (Å²) in [6.45, 7) is 2.09. The number of anilines is 1. The minimum Gasteiger partial charge on any atom is -0.326 e. The average Bonchev–Trinajstić information content (AvgIpc) is 3.17. The van der Waals surface area contributed by atoms with Gasteiger partial charge in [-0.3, -0.25) is 4.79 Å². The Morgan fingerprint density at radius 3 is 2.69 bits per heavy atom. The minimum absolute atomic E-state index is 0.0518. The van der Waals surface area contributed by atoms with Crippen LogP contribution in [-0.2, 0) is 4.79 Å². The van der Waals surface area contributed by atoms with Crippen LogP contribution in [0.3, 0.4) is 0 Å². The maximum absolute atomic E-state index is 12.3. The number of aryl methyl sites for hydroxylation is 1. The quantitative estimate of drug-likeness (QED) is 0.266. The number of thioether (sulfide) groups is 1. The summed E-state index contributed by atoms with van der Waals surface area (Å²) in [5.41, 5.74) is 4.12. The van der Waals surface area contributed by atoms with Crippen molar-refractivity contribution in [2.24, 2.45) is 0 Å². The highest BCUT2D eigenvalue weighted by Gasteiger charge is 2.08. The zero-order valence-electron chi connectivity index (χ0n) is 16.2. The van der Waals surface area contributed by atoms with Crippen molar-refractivity contribution in [2.75, 3.05) is 11.1 Å². The van der Waals surface area contributed by atoms with Gasteiger partial charge in [-0.2, -0.15) is 0 Å². The van der Waals surface area contributed by atoms with E-state index >= 15 is 0 Å². The Kier molecular flexibility index (Phi) is 6.27. The van der Waals surface area contributed by atoms with E-state index in [9.17, 15) is 4.79 Å². The van der Waals surface area contributed by atoms with Crippen molar-refractivity contribution in [1.29, 1.82) is 0 Å². The van der Waals surface area contributed by atoms with E-state index < -0.39 is 0 Å². The van der Waals surface area contributed by atoms with Crippen LogP contribution in [0, 0.1) is 6.92 Å². The van der Waals surface area contributed by atoms with Gasteiger partial charge in [-0.1, -0.05) is 42.0 Å². The van der Waals surface area contributed by atoms with E-state index in [1.807, 2.05) is 42.5 Å². The third-order valence-electron chi connectivity index (χ3n) is 4.53. The summed E-state index contributed by atoms with van der Waals surface area (Å²) >= 11 is 3.46. The summed E-state index contributed by atoms with van der Waals surface area (Å²) in [4.78, 5) is 18.3. The van der Waals surface area contributed by atoms with Crippen LogP contribution in [0.4, 0.5) is 5.69 Å². The number of carbonyl (C=O) groups is 1. The third-order valence-corrected chi connectivity index (χ3v) is 6.71. The molecule has 0 aliphatic rings. The molecular weight excluding hydrogens is 396 g/mol. The summed E-state index contributed by atoms with van der Waals surface area (Å²) in [6.07, 6.45) is 1.37. The van der Waals surface area contributed by atoms with Crippen molar-refractivity contribution in [3.8, 4) is 10.6 Å². The Hall–Kier alpha value is -2.63. The molecule has 0 radical (unpaired) electrons. The Labute approximate surface area is 179 Å². The van der Waals surface area contributed by atoms with E-state index in [1.165, 1.54) is 15.2 Å². The second-order valence-corrected chi connectivity index (χ2v) is 9.08. The lowest BCUT2D eigenvalue weighted by atomic mass is 10.2. The number of nitrogens with zero attached hydrogens (tertiary/aromatic N) is 1. The molecule has 0 saturated heterocycles. The lowest BCUT2D eigenvalue weighted by molar-refractivity contribution is -0.116. The minimum atomic E-state index is 0.0518. The van der Waals surface area contributed by atoms with Crippen LogP contribution in [0.15, 0.2) is 77.7 Å². The van der Waals surface area contributed by atoms with Crippen molar-refractivity contribution < 1.29 is 4.79 Å². The van der Waals surface area contributed by atoms with Crippen LogP contribution >= 0.6 is 23.1 Å². The molecule has 3 aromatic carbocycles. The summed E-state index contributed by atoms with van der Waals surface area (Å²) in [5.74, 6) is 0.985. The molecule has 4 rings (SSSR count). The number of hydrogen-bond acceptors (Lipinski definition) is 4. The predicted molar refractivity (Wildman–Crippen MR) is 125 cm³/mol. The van der Waals surface area contributed by atoms with Gasteiger partial charge in [-0.25, -0.2) is 4.98 Å². The van der Waals surface area contributed by atoms with E-state index in [1.54, 1.807) is 23.1 Å². The predicted octanol–water partition coefficient (Wildman–Crippen LogP) is 6.78. The molecule has 0 bridgehead atoms. The fraction of sp³-hybridized carbons (Fsp3) is 0.167. The number of rotatable bonds is 7. The van der Waals surface area contributed by atoms with Crippen molar-refractivity contribution in [2.45, 2.75) is 24.7 Å². The van der Waals surface area contributed by atoms with Crippen LogP contribution < -0.4 is 5.32 Å². The molecule has 1 heterocycles. The SMILES string of the molecule is Cc1ccc(SCCCC(=O)Nc2cccc(-c3nc4ccccc4s3)c2)cc1. The number of nitrogens with one attached hydrogen (secondary N) is 1. The molecule has 0 unspecified atom stereocenters. The van der Waals surface area contributed by atoms with E-state index in [2.05, 4.69) is 42.6 Å². The molecule has 29 heavy (non-hydrogen) atoms. The van der Waals surface area contributed by atoms with Gasteiger partial charge in [0, 0.05) is 22.6 Å². The molecule has 0 fully saturated rings. The first-order valence-electron chi connectivity index (χ1n) is 9.63. The normalized spacial score (nSPS) is 10.9. The first-order valence-corrected chi connectivity index (χ1v) is 11.4. The fourth-order valence-corrected chi connectivity index (χ4v) is 4.82. The van der Waals surface area contributed by atoms with Crippen molar-refractivity contribution in [3.05, 3.63) is 78.4 Å². The molecule has 1 N–H and O–H groups in total. The number of benzene rings is 3. The molecule has 0 aliphatic heterocycles. The van der Waals surface area contributed by atoms with Crippen LogP contribution in [-0.4, -0.2) is 16.6 Å². The summed E-state index contributed by atoms with van der Waals surface area (Å²) in [6, 6.07) is 24.6. The molecule has 146 valence electrons. The molecule has 1 aromatic heterocycles. The second-order valence-electron chi connectivity index (χ2n) is 6.88. The zero-order valence-corrected chi connectivity index (χ0v) is 17.9. The van der Waals surface area contributed by atoms with Crippen LogP contribution in [0.25, 0.3) is 20.8 Å². The standard InChI is InChI=1S/C24H22N2OS2/c1-17-11-13-20(14-12-17)28-15-5-10-23(27)25-19-7-4-6-18(16-19)24-26-21-8-2-3-9-22(21)29-24/h2-4,6-9,11-14,16H,5,10,15H2,1H3,(H,25,27). The van der Waals surface area contributed by atoms with Gasteiger partial charge < -0.3 is 5.32 Å². The number of amides is 1. The van der Waals surface area contributed by atoms with E-state index in [-0.39, 0.29) is 5.91 Å². The van der Waals surface area contributed by atoms with Crippen LogP contribution in [0.1, 0.15) is 18.4 Å². The molecule has 1 amide bonds. The number of hydrogen-bond donors (Lipinski definition) is 1. The summed E-state index contributed by atoms with van der Waals surface area (Å²) in [7, 11) is 0.